The first-order chi connectivity index (χ1) is 15.4. The Morgan fingerprint density at radius 2 is 1.84 bits per heavy atom. The van der Waals surface area contributed by atoms with E-state index in [2.05, 4.69) is 4.90 Å². The van der Waals surface area contributed by atoms with Crippen molar-refractivity contribution in [2.24, 2.45) is 0 Å². The minimum absolute atomic E-state index is 0.0625. The number of piperazine rings is 1. The number of aromatic nitrogens is 1. The first-order valence-corrected chi connectivity index (χ1v) is 10.7. The fourth-order valence-corrected chi connectivity index (χ4v) is 4.06. The Morgan fingerprint density at radius 1 is 1.03 bits per heavy atom. The van der Waals surface area contributed by atoms with Crippen LogP contribution in [0.5, 0.6) is 11.5 Å². The fourth-order valence-electron chi connectivity index (χ4n) is 4.06. The minimum atomic E-state index is 0.0625. The number of anilines is 1. The van der Waals surface area contributed by atoms with Gasteiger partial charge >= 0.3 is 0 Å². The molecule has 7 nitrogen and oxygen atoms in total. The zero-order valence-corrected chi connectivity index (χ0v) is 19.3. The van der Waals surface area contributed by atoms with Crippen LogP contribution in [0.1, 0.15) is 22.6 Å². The lowest BCUT2D eigenvalue weighted by Gasteiger charge is -2.34. The highest BCUT2D eigenvalue weighted by Gasteiger charge is 2.27. The summed E-state index contributed by atoms with van der Waals surface area (Å²) in [6.07, 6.45) is 0. The molecule has 7 heteroatoms. The number of aryl methyl sites for hydroxylation is 1. The lowest BCUT2D eigenvalue weighted by molar-refractivity contribution is -0.121. The van der Waals surface area contributed by atoms with Crippen LogP contribution in [0.3, 0.4) is 0 Å². The molecule has 1 aliphatic heterocycles. The Morgan fingerprint density at radius 3 is 2.56 bits per heavy atom. The molecular weight excluding hydrogens is 406 g/mol. The van der Waals surface area contributed by atoms with Gasteiger partial charge in [-0.25, -0.2) is 4.98 Å². The Balaban J connectivity index is 1.48. The van der Waals surface area contributed by atoms with E-state index in [0.717, 1.165) is 51.9 Å². The van der Waals surface area contributed by atoms with Gasteiger partial charge in [0, 0.05) is 37.0 Å². The average Bonchev–Trinajstić information content (AvgIpc) is 3.15. The number of benzene rings is 2. The summed E-state index contributed by atoms with van der Waals surface area (Å²) in [5, 5.41) is 0. The van der Waals surface area contributed by atoms with Gasteiger partial charge in [-0.15, -0.1) is 0 Å². The predicted molar refractivity (Wildman–Crippen MR) is 123 cm³/mol. The summed E-state index contributed by atoms with van der Waals surface area (Å²) in [6.45, 7) is 8.27. The Bertz CT molecular complexity index is 1140. The monoisotopic (exact) mass is 435 g/mol. The van der Waals surface area contributed by atoms with Crippen LogP contribution in [0.4, 0.5) is 5.69 Å². The Labute approximate surface area is 188 Å². The number of carbonyl (C=O) groups excluding carboxylic acids is 1. The molecule has 0 spiro atoms. The van der Waals surface area contributed by atoms with Gasteiger partial charge in [-0.1, -0.05) is 6.07 Å². The van der Waals surface area contributed by atoms with E-state index in [-0.39, 0.29) is 5.91 Å². The van der Waals surface area contributed by atoms with Gasteiger partial charge in [0.1, 0.15) is 17.3 Å². The second-order valence-corrected chi connectivity index (χ2v) is 8.04. The number of amides is 1. The van der Waals surface area contributed by atoms with Crippen LogP contribution in [0.25, 0.3) is 11.5 Å². The highest BCUT2D eigenvalue weighted by atomic mass is 16.5. The Hall–Kier alpha value is -3.32. The summed E-state index contributed by atoms with van der Waals surface area (Å²) in [4.78, 5) is 21.5. The molecule has 168 valence electrons. The largest absolute Gasteiger partial charge is 0.497 e. The molecule has 2 heterocycles. The SMILES string of the molecule is COc1cccc(N2CCN(Cc3nc(-c4ccc(OC)c(C)c4C)oc3C)CC2=O)c1. The maximum Gasteiger partial charge on any atom is 0.241 e. The molecule has 0 unspecified atom stereocenters. The molecule has 0 saturated carbocycles. The van der Waals surface area contributed by atoms with Crippen LogP contribution in [-0.2, 0) is 11.3 Å². The van der Waals surface area contributed by atoms with Crippen molar-refractivity contribution < 1.29 is 18.7 Å². The van der Waals surface area contributed by atoms with Crippen LogP contribution < -0.4 is 14.4 Å². The second kappa shape index (κ2) is 9.04. The highest BCUT2D eigenvalue weighted by molar-refractivity contribution is 5.95. The fraction of sp³-hybridized carbons (Fsp3) is 0.360. The van der Waals surface area contributed by atoms with Crippen LogP contribution >= 0.6 is 0 Å². The van der Waals surface area contributed by atoms with Crippen molar-refractivity contribution in [3.8, 4) is 23.0 Å². The summed E-state index contributed by atoms with van der Waals surface area (Å²) >= 11 is 0. The van der Waals surface area contributed by atoms with E-state index in [1.165, 1.54) is 0 Å². The van der Waals surface area contributed by atoms with Gasteiger partial charge in [0.2, 0.25) is 11.8 Å². The van der Waals surface area contributed by atoms with E-state index in [1.807, 2.05) is 62.1 Å². The lowest BCUT2D eigenvalue weighted by atomic mass is 10.0. The molecule has 4 rings (SSSR count). The van der Waals surface area contributed by atoms with Gasteiger partial charge in [0.25, 0.3) is 0 Å². The smallest absolute Gasteiger partial charge is 0.241 e. The molecule has 1 fully saturated rings. The molecule has 0 atom stereocenters. The van der Waals surface area contributed by atoms with Crippen LogP contribution in [-0.4, -0.2) is 49.6 Å². The number of hydrogen-bond donors (Lipinski definition) is 0. The summed E-state index contributed by atoms with van der Waals surface area (Å²) < 4.78 is 16.7. The van der Waals surface area contributed by atoms with Gasteiger partial charge in [-0.2, -0.15) is 0 Å². The zero-order valence-electron chi connectivity index (χ0n) is 19.3. The van der Waals surface area contributed by atoms with E-state index in [9.17, 15) is 4.79 Å². The molecule has 0 bridgehead atoms. The predicted octanol–water partition coefficient (Wildman–Crippen LogP) is 4.13. The molecule has 3 aromatic rings. The third kappa shape index (κ3) is 4.21. The third-order valence-electron chi connectivity index (χ3n) is 6.12. The van der Waals surface area contributed by atoms with E-state index in [1.54, 1.807) is 14.2 Å². The van der Waals surface area contributed by atoms with Crippen molar-refractivity contribution >= 4 is 11.6 Å². The second-order valence-electron chi connectivity index (χ2n) is 8.04. The topological polar surface area (TPSA) is 68.0 Å². The molecule has 1 aliphatic rings. The third-order valence-corrected chi connectivity index (χ3v) is 6.12. The number of carbonyl (C=O) groups is 1. The summed E-state index contributed by atoms with van der Waals surface area (Å²) in [5.74, 6) is 3.03. The molecule has 2 aromatic carbocycles. The van der Waals surface area contributed by atoms with Crippen molar-refractivity contribution in [3.05, 3.63) is 59.0 Å². The maximum atomic E-state index is 12.8. The van der Waals surface area contributed by atoms with E-state index in [4.69, 9.17) is 18.9 Å². The number of ether oxygens (including phenoxy) is 2. The van der Waals surface area contributed by atoms with Crippen LogP contribution in [0.2, 0.25) is 0 Å². The van der Waals surface area contributed by atoms with Crippen molar-refractivity contribution in [1.29, 1.82) is 0 Å². The van der Waals surface area contributed by atoms with E-state index in [0.29, 0.717) is 25.5 Å². The number of hydrogen-bond acceptors (Lipinski definition) is 6. The lowest BCUT2D eigenvalue weighted by Crippen LogP contribution is -2.50. The van der Waals surface area contributed by atoms with E-state index >= 15 is 0 Å². The zero-order chi connectivity index (χ0) is 22.8. The highest BCUT2D eigenvalue weighted by Crippen LogP contribution is 2.32. The summed E-state index contributed by atoms with van der Waals surface area (Å²) in [5.41, 5.74) is 4.83. The minimum Gasteiger partial charge on any atom is -0.497 e. The molecule has 0 radical (unpaired) electrons. The van der Waals surface area contributed by atoms with Crippen LogP contribution in [0, 0.1) is 20.8 Å². The van der Waals surface area contributed by atoms with Gasteiger partial charge in [-0.05, 0) is 56.2 Å². The first-order valence-electron chi connectivity index (χ1n) is 10.7. The standard InChI is InChI=1S/C25H29N3O4/c1-16-17(2)23(31-5)10-9-21(16)25-26-22(18(3)32-25)14-27-11-12-28(24(29)15-27)19-7-6-8-20(13-19)30-4/h6-10,13H,11-12,14-15H2,1-5H3. The normalized spacial score (nSPS) is 14.7. The van der Waals surface area contributed by atoms with Crippen molar-refractivity contribution in [2.75, 3.05) is 38.8 Å². The molecule has 1 saturated heterocycles. The summed E-state index contributed by atoms with van der Waals surface area (Å²) in [7, 11) is 3.30. The summed E-state index contributed by atoms with van der Waals surface area (Å²) in [6, 6.07) is 11.5. The molecule has 1 aromatic heterocycles. The van der Waals surface area contributed by atoms with Crippen molar-refractivity contribution in [1.82, 2.24) is 9.88 Å². The van der Waals surface area contributed by atoms with Gasteiger partial charge in [-0.3, -0.25) is 9.69 Å². The van der Waals surface area contributed by atoms with Gasteiger partial charge in [0.15, 0.2) is 0 Å². The van der Waals surface area contributed by atoms with Gasteiger partial charge < -0.3 is 18.8 Å². The van der Waals surface area contributed by atoms with E-state index < -0.39 is 0 Å². The molecule has 1 amide bonds. The molecule has 32 heavy (non-hydrogen) atoms. The van der Waals surface area contributed by atoms with Crippen molar-refractivity contribution in [2.45, 2.75) is 27.3 Å². The number of oxazole rings is 1. The van der Waals surface area contributed by atoms with Crippen LogP contribution in [0.15, 0.2) is 40.8 Å². The quantitative estimate of drug-likeness (QED) is 0.580. The number of methoxy groups -OCH3 is 2. The average molecular weight is 436 g/mol. The molecular formula is C25H29N3O4. The molecule has 0 aliphatic carbocycles. The number of rotatable bonds is 6. The first kappa shape index (κ1) is 21.9. The van der Waals surface area contributed by atoms with Crippen molar-refractivity contribution in [3.63, 3.8) is 0 Å². The maximum absolute atomic E-state index is 12.8. The Kier molecular flexibility index (Phi) is 6.19. The molecule has 0 N–H and O–H groups in total. The van der Waals surface area contributed by atoms with Gasteiger partial charge in [0.05, 0.1) is 26.5 Å². The number of nitrogens with zero attached hydrogens (tertiary/aromatic N) is 3.